The molecular formula is C23H29N3O2. The molecule has 1 fully saturated rings. The van der Waals surface area contributed by atoms with Crippen LogP contribution in [-0.4, -0.2) is 24.9 Å². The largest absolute Gasteiger partial charge is 0.372 e. The Morgan fingerprint density at radius 1 is 0.964 bits per heavy atom. The summed E-state index contributed by atoms with van der Waals surface area (Å²) in [6, 6.07) is 15.8. The molecule has 1 saturated heterocycles. The number of hydrogen-bond acceptors (Lipinski definition) is 3. The minimum absolute atomic E-state index is 0.183. The first-order chi connectivity index (χ1) is 13.5. The molecule has 28 heavy (non-hydrogen) atoms. The molecule has 1 aliphatic heterocycles. The van der Waals surface area contributed by atoms with Crippen LogP contribution < -0.4 is 15.5 Å². The summed E-state index contributed by atoms with van der Waals surface area (Å²) in [5.74, 6) is 0.213. The van der Waals surface area contributed by atoms with E-state index in [1.54, 1.807) is 0 Å². The van der Waals surface area contributed by atoms with Crippen LogP contribution in [0.4, 0.5) is 11.4 Å². The zero-order valence-electron chi connectivity index (χ0n) is 16.7. The monoisotopic (exact) mass is 379 g/mol. The first kappa shape index (κ1) is 19.9. The predicted octanol–water partition coefficient (Wildman–Crippen LogP) is 3.88. The number of rotatable bonds is 6. The van der Waals surface area contributed by atoms with E-state index >= 15 is 0 Å². The summed E-state index contributed by atoms with van der Waals surface area (Å²) < 4.78 is 0. The first-order valence-corrected chi connectivity index (χ1v) is 9.97. The number of carbonyl (C=O) groups is 2. The highest BCUT2D eigenvalue weighted by Crippen LogP contribution is 2.24. The summed E-state index contributed by atoms with van der Waals surface area (Å²) in [6.07, 6.45) is 2.25. The molecule has 5 heteroatoms. The molecular weight excluding hydrogens is 350 g/mol. The Morgan fingerprint density at radius 3 is 2.25 bits per heavy atom. The summed E-state index contributed by atoms with van der Waals surface area (Å²) in [4.78, 5) is 26.5. The van der Waals surface area contributed by atoms with Crippen LogP contribution in [0.15, 0.2) is 48.5 Å². The number of nitrogens with zero attached hydrogens (tertiary/aromatic N) is 1. The number of nitrogens with one attached hydrogen (secondary N) is 2. The summed E-state index contributed by atoms with van der Waals surface area (Å²) in [5, 5.41) is 5.58. The number of benzene rings is 2. The van der Waals surface area contributed by atoms with Crippen LogP contribution in [0.2, 0.25) is 0 Å². The summed E-state index contributed by atoms with van der Waals surface area (Å²) in [7, 11) is 0. The fourth-order valence-electron chi connectivity index (χ4n) is 3.34. The van der Waals surface area contributed by atoms with Crippen molar-refractivity contribution in [2.24, 2.45) is 5.92 Å². The van der Waals surface area contributed by atoms with Crippen molar-refractivity contribution < 1.29 is 9.59 Å². The number of amides is 2. The molecule has 148 valence electrons. The maximum Gasteiger partial charge on any atom is 0.233 e. The van der Waals surface area contributed by atoms with E-state index in [1.165, 1.54) is 24.1 Å². The van der Waals surface area contributed by atoms with E-state index in [1.807, 2.05) is 55.5 Å². The van der Waals surface area contributed by atoms with E-state index in [2.05, 4.69) is 22.5 Å². The Morgan fingerprint density at radius 2 is 1.61 bits per heavy atom. The fraction of sp³-hybridized carbons (Fsp3) is 0.391. The Kier molecular flexibility index (Phi) is 6.69. The van der Waals surface area contributed by atoms with Crippen molar-refractivity contribution in [1.29, 1.82) is 0 Å². The zero-order valence-corrected chi connectivity index (χ0v) is 16.7. The number of carbonyl (C=O) groups excluding carboxylic acids is 2. The second-order valence-corrected chi connectivity index (χ2v) is 7.70. The Bertz CT molecular complexity index is 792. The molecule has 2 aromatic carbocycles. The number of piperidine rings is 1. The highest BCUT2D eigenvalue weighted by molar-refractivity contribution is 6.03. The average molecular weight is 380 g/mol. The lowest BCUT2D eigenvalue weighted by Gasteiger charge is -2.32. The van der Waals surface area contributed by atoms with E-state index in [9.17, 15) is 9.59 Å². The SMILES string of the molecule is Cc1ccc(CNC(=O)CC(=O)Nc2ccc(N3CCC(C)CC3)cc2)cc1. The van der Waals surface area contributed by atoms with Crippen LogP contribution in [0.25, 0.3) is 0 Å². The van der Waals surface area contributed by atoms with Crippen molar-refractivity contribution >= 4 is 23.2 Å². The fourth-order valence-corrected chi connectivity index (χ4v) is 3.34. The molecule has 0 radical (unpaired) electrons. The molecule has 2 aromatic rings. The van der Waals surface area contributed by atoms with Crippen LogP contribution in [0.5, 0.6) is 0 Å². The van der Waals surface area contributed by atoms with Gasteiger partial charge in [0.05, 0.1) is 0 Å². The van der Waals surface area contributed by atoms with Gasteiger partial charge in [0.2, 0.25) is 11.8 Å². The second-order valence-electron chi connectivity index (χ2n) is 7.70. The predicted molar refractivity (Wildman–Crippen MR) is 113 cm³/mol. The molecule has 5 nitrogen and oxygen atoms in total. The molecule has 1 aliphatic rings. The molecule has 0 bridgehead atoms. The van der Waals surface area contributed by atoms with Gasteiger partial charge in [0.25, 0.3) is 0 Å². The van der Waals surface area contributed by atoms with Crippen molar-refractivity contribution in [2.75, 3.05) is 23.3 Å². The zero-order chi connectivity index (χ0) is 19.9. The molecule has 2 N–H and O–H groups in total. The normalized spacial score (nSPS) is 14.6. The first-order valence-electron chi connectivity index (χ1n) is 9.97. The Hall–Kier alpha value is -2.82. The van der Waals surface area contributed by atoms with E-state index in [0.717, 1.165) is 24.6 Å². The summed E-state index contributed by atoms with van der Waals surface area (Å²) in [5.41, 5.74) is 4.09. The molecule has 1 heterocycles. The van der Waals surface area contributed by atoms with E-state index in [-0.39, 0.29) is 18.2 Å². The Labute approximate surface area is 167 Å². The highest BCUT2D eigenvalue weighted by atomic mass is 16.2. The van der Waals surface area contributed by atoms with Crippen molar-refractivity contribution in [3.05, 3.63) is 59.7 Å². The van der Waals surface area contributed by atoms with Crippen LogP contribution in [0.3, 0.4) is 0 Å². The molecule has 2 amide bonds. The maximum atomic E-state index is 12.1. The Balaban J connectivity index is 1.43. The molecule has 0 saturated carbocycles. The van der Waals surface area contributed by atoms with Gasteiger partial charge in [0.1, 0.15) is 6.42 Å². The lowest BCUT2D eigenvalue weighted by atomic mass is 9.99. The molecule has 3 rings (SSSR count). The van der Waals surface area contributed by atoms with Gasteiger partial charge in [-0.2, -0.15) is 0 Å². The van der Waals surface area contributed by atoms with Gasteiger partial charge in [-0.25, -0.2) is 0 Å². The van der Waals surface area contributed by atoms with Crippen LogP contribution in [0.1, 0.15) is 37.3 Å². The van der Waals surface area contributed by atoms with Gasteiger partial charge in [-0.15, -0.1) is 0 Å². The van der Waals surface area contributed by atoms with Gasteiger partial charge in [0, 0.05) is 31.0 Å². The average Bonchev–Trinajstić information content (AvgIpc) is 2.69. The van der Waals surface area contributed by atoms with Crippen molar-refractivity contribution in [3.8, 4) is 0 Å². The molecule has 0 spiro atoms. The van der Waals surface area contributed by atoms with Gasteiger partial charge < -0.3 is 15.5 Å². The highest BCUT2D eigenvalue weighted by Gasteiger charge is 2.16. The maximum absolute atomic E-state index is 12.1. The van der Waals surface area contributed by atoms with Gasteiger partial charge in [-0.3, -0.25) is 9.59 Å². The third-order valence-electron chi connectivity index (χ3n) is 5.23. The minimum Gasteiger partial charge on any atom is -0.372 e. The number of anilines is 2. The standard InChI is InChI=1S/C23H29N3O2/c1-17-3-5-19(6-4-17)16-24-22(27)15-23(28)25-20-7-9-21(10-8-20)26-13-11-18(2)12-14-26/h3-10,18H,11-16H2,1-2H3,(H,24,27)(H,25,28). The lowest BCUT2D eigenvalue weighted by molar-refractivity contribution is -0.126. The summed E-state index contributed by atoms with van der Waals surface area (Å²) in [6.45, 7) is 6.90. The molecule has 0 aliphatic carbocycles. The second kappa shape index (κ2) is 9.40. The van der Waals surface area contributed by atoms with Crippen LogP contribution >= 0.6 is 0 Å². The minimum atomic E-state index is -0.305. The van der Waals surface area contributed by atoms with Gasteiger partial charge in [0.15, 0.2) is 0 Å². The molecule has 0 atom stereocenters. The van der Waals surface area contributed by atoms with Crippen LogP contribution in [-0.2, 0) is 16.1 Å². The smallest absolute Gasteiger partial charge is 0.233 e. The van der Waals surface area contributed by atoms with Gasteiger partial charge >= 0.3 is 0 Å². The molecule has 0 aromatic heterocycles. The third-order valence-corrected chi connectivity index (χ3v) is 5.23. The molecule has 0 unspecified atom stereocenters. The summed E-state index contributed by atoms with van der Waals surface area (Å²) >= 11 is 0. The van der Waals surface area contributed by atoms with Crippen molar-refractivity contribution in [2.45, 2.75) is 39.7 Å². The topological polar surface area (TPSA) is 61.4 Å². The van der Waals surface area contributed by atoms with E-state index in [4.69, 9.17) is 0 Å². The van der Waals surface area contributed by atoms with E-state index < -0.39 is 0 Å². The van der Waals surface area contributed by atoms with Crippen molar-refractivity contribution in [1.82, 2.24) is 5.32 Å². The number of hydrogen-bond donors (Lipinski definition) is 2. The van der Waals surface area contributed by atoms with Gasteiger partial charge in [-0.05, 0) is 55.5 Å². The number of aryl methyl sites for hydroxylation is 1. The van der Waals surface area contributed by atoms with E-state index in [0.29, 0.717) is 12.2 Å². The lowest BCUT2D eigenvalue weighted by Crippen LogP contribution is -2.32. The van der Waals surface area contributed by atoms with Gasteiger partial charge in [-0.1, -0.05) is 36.8 Å². The van der Waals surface area contributed by atoms with Crippen LogP contribution in [0, 0.1) is 12.8 Å². The quantitative estimate of drug-likeness (QED) is 0.749. The third kappa shape index (κ3) is 5.84. The van der Waals surface area contributed by atoms with Crippen molar-refractivity contribution in [3.63, 3.8) is 0 Å².